The molecule has 2 nitrogen and oxygen atoms in total. The molecule has 1 aliphatic carbocycles. The first kappa shape index (κ1) is 10.7. The highest BCUT2D eigenvalue weighted by Gasteiger charge is 2.17. The summed E-state index contributed by atoms with van der Waals surface area (Å²) in [6, 6.07) is 2.62. The van der Waals surface area contributed by atoms with E-state index in [1.807, 2.05) is 0 Å². The zero-order chi connectivity index (χ0) is 7.40. The van der Waals surface area contributed by atoms with Gasteiger partial charge in [0.15, 0.2) is 0 Å². The minimum Gasteiger partial charge on any atom is -0.328 e. The second-order valence-corrected chi connectivity index (χ2v) is 3.14. The van der Waals surface area contributed by atoms with Gasteiger partial charge in [-0.2, -0.15) is 5.26 Å². The molecule has 1 rings (SSSR count). The van der Waals surface area contributed by atoms with E-state index in [1.165, 1.54) is 0 Å². The zero-order valence-corrected chi connectivity index (χ0v) is 7.44. The van der Waals surface area contributed by atoms with E-state index >= 15 is 0 Å². The maximum absolute atomic E-state index is 8.40. The predicted molar refractivity (Wildman–Crippen MR) is 47.4 cm³/mol. The number of nitriles is 1. The molecule has 64 valence electrons. The van der Waals surface area contributed by atoms with Crippen LogP contribution in [0.5, 0.6) is 0 Å². The highest BCUT2D eigenvalue weighted by Crippen LogP contribution is 2.24. The van der Waals surface area contributed by atoms with Gasteiger partial charge in [0.1, 0.15) is 0 Å². The van der Waals surface area contributed by atoms with E-state index in [0.29, 0.717) is 12.0 Å². The molecule has 0 unspecified atom stereocenters. The average Bonchev–Trinajstić information content (AvgIpc) is 1.95. The lowest BCUT2D eigenvalue weighted by Crippen LogP contribution is -2.26. The van der Waals surface area contributed by atoms with Gasteiger partial charge >= 0.3 is 0 Å². The average molecular weight is 175 g/mol. The summed E-state index contributed by atoms with van der Waals surface area (Å²) >= 11 is 0. The van der Waals surface area contributed by atoms with Crippen molar-refractivity contribution >= 4 is 12.4 Å². The molecule has 11 heavy (non-hydrogen) atoms. The summed E-state index contributed by atoms with van der Waals surface area (Å²) in [6.07, 6.45) is 5.29. The summed E-state index contributed by atoms with van der Waals surface area (Å²) < 4.78 is 0. The third-order valence-corrected chi connectivity index (χ3v) is 2.27. The van der Waals surface area contributed by atoms with Gasteiger partial charge in [0.25, 0.3) is 0 Å². The molecular formula is C8H15ClN2. The number of halogens is 1. The van der Waals surface area contributed by atoms with E-state index in [1.54, 1.807) is 0 Å². The molecule has 0 saturated heterocycles. The number of rotatable bonds is 1. The summed E-state index contributed by atoms with van der Waals surface area (Å²) in [4.78, 5) is 0. The van der Waals surface area contributed by atoms with Crippen LogP contribution in [0, 0.1) is 17.2 Å². The molecule has 1 fully saturated rings. The molecule has 0 spiro atoms. The Morgan fingerprint density at radius 2 is 1.82 bits per heavy atom. The Kier molecular flexibility index (Phi) is 5.27. The van der Waals surface area contributed by atoms with Crippen molar-refractivity contribution in [3.63, 3.8) is 0 Å². The van der Waals surface area contributed by atoms with Crippen LogP contribution in [-0.2, 0) is 0 Å². The summed E-state index contributed by atoms with van der Waals surface area (Å²) in [5, 5.41) is 8.40. The lowest BCUT2D eigenvalue weighted by Gasteiger charge is -2.23. The molecule has 1 saturated carbocycles. The summed E-state index contributed by atoms with van der Waals surface area (Å²) in [5.41, 5.74) is 5.71. The van der Waals surface area contributed by atoms with Crippen LogP contribution >= 0.6 is 12.4 Å². The van der Waals surface area contributed by atoms with Crippen LogP contribution < -0.4 is 5.73 Å². The van der Waals surface area contributed by atoms with Crippen molar-refractivity contribution in [1.82, 2.24) is 0 Å². The second kappa shape index (κ2) is 5.40. The van der Waals surface area contributed by atoms with Gasteiger partial charge in [0, 0.05) is 12.5 Å². The van der Waals surface area contributed by atoms with E-state index in [-0.39, 0.29) is 12.4 Å². The molecule has 3 heteroatoms. The van der Waals surface area contributed by atoms with Crippen LogP contribution in [0.3, 0.4) is 0 Å². The largest absolute Gasteiger partial charge is 0.328 e. The van der Waals surface area contributed by atoms with Crippen LogP contribution in [0.25, 0.3) is 0 Å². The summed E-state index contributed by atoms with van der Waals surface area (Å²) in [7, 11) is 0. The van der Waals surface area contributed by atoms with Gasteiger partial charge < -0.3 is 5.73 Å². The maximum Gasteiger partial charge on any atom is 0.0624 e. The minimum absolute atomic E-state index is 0. The quantitative estimate of drug-likeness (QED) is 0.660. The Bertz CT molecular complexity index is 134. The Morgan fingerprint density at radius 3 is 2.27 bits per heavy atom. The first-order chi connectivity index (χ1) is 4.83. The van der Waals surface area contributed by atoms with Crippen molar-refractivity contribution < 1.29 is 0 Å². The highest BCUT2D eigenvalue weighted by molar-refractivity contribution is 5.85. The standard InChI is InChI=1S/C8H14N2.ClH/c9-6-5-7-1-3-8(10)4-2-7;/h7-8H,1-5,10H2;1H. The fourth-order valence-electron chi connectivity index (χ4n) is 1.52. The number of hydrogen-bond acceptors (Lipinski definition) is 2. The van der Waals surface area contributed by atoms with Gasteiger partial charge in [-0.25, -0.2) is 0 Å². The van der Waals surface area contributed by atoms with Crippen molar-refractivity contribution in [2.24, 2.45) is 11.7 Å². The Labute approximate surface area is 74.2 Å². The number of hydrogen-bond donors (Lipinski definition) is 1. The van der Waals surface area contributed by atoms with Crippen LogP contribution in [0.1, 0.15) is 32.1 Å². The van der Waals surface area contributed by atoms with E-state index in [0.717, 1.165) is 32.1 Å². The van der Waals surface area contributed by atoms with Crippen molar-refractivity contribution in [3.8, 4) is 6.07 Å². The first-order valence-electron chi connectivity index (χ1n) is 3.95. The van der Waals surface area contributed by atoms with Crippen molar-refractivity contribution in [3.05, 3.63) is 0 Å². The van der Waals surface area contributed by atoms with Crippen molar-refractivity contribution in [1.29, 1.82) is 5.26 Å². The molecule has 0 aromatic carbocycles. The highest BCUT2D eigenvalue weighted by atomic mass is 35.5. The van der Waals surface area contributed by atoms with E-state index in [9.17, 15) is 0 Å². The normalized spacial score (nSPS) is 30.2. The lowest BCUT2D eigenvalue weighted by atomic mass is 9.85. The third kappa shape index (κ3) is 3.60. The molecule has 0 heterocycles. The number of nitrogens with two attached hydrogens (primary N) is 1. The van der Waals surface area contributed by atoms with Gasteiger partial charge in [-0.15, -0.1) is 12.4 Å². The Balaban J connectivity index is 0.000001000. The van der Waals surface area contributed by atoms with Gasteiger partial charge in [-0.3, -0.25) is 0 Å². The third-order valence-electron chi connectivity index (χ3n) is 2.27. The second-order valence-electron chi connectivity index (χ2n) is 3.14. The van der Waals surface area contributed by atoms with Crippen molar-refractivity contribution in [2.75, 3.05) is 0 Å². The fourth-order valence-corrected chi connectivity index (χ4v) is 1.52. The molecule has 0 aromatic rings. The van der Waals surface area contributed by atoms with E-state index in [4.69, 9.17) is 11.0 Å². The molecular weight excluding hydrogens is 160 g/mol. The predicted octanol–water partition coefficient (Wildman–Crippen LogP) is 1.84. The fraction of sp³-hybridized carbons (Fsp3) is 0.875. The van der Waals surface area contributed by atoms with Gasteiger partial charge in [-0.05, 0) is 31.6 Å². The summed E-state index contributed by atoms with van der Waals surface area (Å²) in [6.45, 7) is 0. The molecule has 1 aliphatic rings. The van der Waals surface area contributed by atoms with Crippen LogP contribution in [0.15, 0.2) is 0 Å². The summed E-state index contributed by atoms with van der Waals surface area (Å²) in [5.74, 6) is 0.643. The molecule has 0 bridgehead atoms. The van der Waals surface area contributed by atoms with E-state index in [2.05, 4.69) is 6.07 Å². The SMILES string of the molecule is Cl.N#CCC1CCC(N)CC1. The Morgan fingerprint density at radius 1 is 1.27 bits per heavy atom. The monoisotopic (exact) mass is 174 g/mol. The Hall–Kier alpha value is -0.260. The van der Waals surface area contributed by atoms with E-state index < -0.39 is 0 Å². The molecule has 2 N–H and O–H groups in total. The molecule has 0 aliphatic heterocycles. The van der Waals surface area contributed by atoms with Gasteiger partial charge in [0.2, 0.25) is 0 Å². The van der Waals surface area contributed by atoms with Crippen LogP contribution in [0.4, 0.5) is 0 Å². The zero-order valence-electron chi connectivity index (χ0n) is 6.62. The molecule has 0 amide bonds. The smallest absolute Gasteiger partial charge is 0.0624 e. The lowest BCUT2D eigenvalue weighted by molar-refractivity contribution is 0.331. The first-order valence-corrected chi connectivity index (χ1v) is 3.95. The number of nitrogens with zero attached hydrogens (tertiary/aromatic N) is 1. The molecule has 0 radical (unpaired) electrons. The maximum atomic E-state index is 8.40. The van der Waals surface area contributed by atoms with Crippen molar-refractivity contribution in [2.45, 2.75) is 38.1 Å². The van der Waals surface area contributed by atoms with Gasteiger partial charge in [0.05, 0.1) is 6.07 Å². The van der Waals surface area contributed by atoms with Gasteiger partial charge in [-0.1, -0.05) is 0 Å². The molecule has 0 atom stereocenters. The van der Waals surface area contributed by atoms with Crippen LogP contribution in [0.2, 0.25) is 0 Å². The van der Waals surface area contributed by atoms with Crippen LogP contribution in [-0.4, -0.2) is 6.04 Å². The minimum atomic E-state index is 0. The molecule has 0 aromatic heterocycles. The topological polar surface area (TPSA) is 49.8 Å².